The topological polar surface area (TPSA) is 38.9 Å². The molecule has 15 heavy (non-hydrogen) atoms. The minimum absolute atomic E-state index is 0.0936. The maximum Gasteiger partial charge on any atom is 0.110 e. The highest BCUT2D eigenvalue weighted by Gasteiger charge is 2.21. The van der Waals surface area contributed by atoms with Gasteiger partial charge in [0.05, 0.1) is 11.7 Å². The van der Waals surface area contributed by atoms with Crippen molar-refractivity contribution in [3.8, 4) is 0 Å². The standard InChI is InChI=1S/C12H22N2S/c1-6-8(2)10(13)11-14-9(7-15-11)12(3,4)5/h7-8,10H,6,13H2,1-5H3. The average molecular weight is 226 g/mol. The number of aromatic nitrogens is 1. The molecule has 2 atom stereocenters. The fourth-order valence-electron chi connectivity index (χ4n) is 1.28. The van der Waals surface area contributed by atoms with E-state index in [9.17, 15) is 0 Å². The molecule has 2 N–H and O–H groups in total. The van der Waals surface area contributed by atoms with Crippen LogP contribution in [-0.4, -0.2) is 4.98 Å². The van der Waals surface area contributed by atoms with Crippen molar-refractivity contribution < 1.29 is 0 Å². The molecule has 0 bridgehead atoms. The molecule has 2 unspecified atom stereocenters. The van der Waals surface area contributed by atoms with Crippen LogP contribution in [-0.2, 0) is 5.41 Å². The second-order valence-corrected chi connectivity index (χ2v) is 6.12. The van der Waals surface area contributed by atoms with Gasteiger partial charge in [-0.15, -0.1) is 11.3 Å². The normalized spacial score (nSPS) is 16.4. The summed E-state index contributed by atoms with van der Waals surface area (Å²) in [4.78, 5) is 4.64. The number of hydrogen-bond donors (Lipinski definition) is 1. The third-order valence-electron chi connectivity index (χ3n) is 2.83. The number of nitrogens with zero attached hydrogens (tertiary/aromatic N) is 1. The van der Waals surface area contributed by atoms with Crippen LogP contribution in [0.4, 0.5) is 0 Å². The van der Waals surface area contributed by atoms with E-state index < -0.39 is 0 Å². The van der Waals surface area contributed by atoms with E-state index in [-0.39, 0.29) is 11.5 Å². The van der Waals surface area contributed by atoms with Gasteiger partial charge < -0.3 is 5.73 Å². The quantitative estimate of drug-likeness (QED) is 0.857. The number of rotatable bonds is 3. The Labute approximate surface area is 96.9 Å². The molecule has 1 aromatic rings. The van der Waals surface area contributed by atoms with E-state index in [0.717, 1.165) is 17.1 Å². The van der Waals surface area contributed by atoms with E-state index >= 15 is 0 Å². The molecule has 1 aromatic heterocycles. The number of nitrogens with two attached hydrogens (primary N) is 1. The van der Waals surface area contributed by atoms with Gasteiger partial charge in [-0.3, -0.25) is 0 Å². The maximum absolute atomic E-state index is 6.15. The molecule has 0 aliphatic rings. The molecule has 0 saturated heterocycles. The molecule has 3 heteroatoms. The van der Waals surface area contributed by atoms with Gasteiger partial charge in [-0.05, 0) is 5.92 Å². The summed E-state index contributed by atoms with van der Waals surface area (Å²) >= 11 is 1.69. The van der Waals surface area contributed by atoms with Gasteiger partial charge in [0.15, 0.2) is 0 Å². The van der Waals surface area contributed by atoms with E-state index in [1.807, 2.05) is 0 Å². The lowest BCUT2D eigenvalue weighted by Gasteiger charge is -2.17. The van der Waals surface area contributed by atoms with Gasteiger partial charge in [-0.2, -0.15) is 0 Å². The van der Waals surface area contributed by atoms with Crippen LogP contribution in [0, 0.1) is 5.92 Å². The van der Waals surface area contributed by atoms with Gasteiger partial charge in [0.25, 0.3) is 0 Å². The van der Waals surface area contributed by atoms with Crippen LogP contribution >= 0.6 is 11.3 Å². The monoisotopic (exact) mass is 226 g/mol. The first-order chi connectivity index (χ1) is 6.86. The lowest BCUT2D eigenvalue weighted by atomic mass is 9.93. The lowest BCUT2D eigenvalue weighted by Crippen LogP contribution is -2.19. The van der Waals surface area contributed by atoms with Gasteiger partial charge in [-0.25, -0.2) is 4.98 Å². The molecule has 1 rings (SSSR count). The Kier molecular flexibility index (Phi) is 3.90. The highest BCUT2D eigenvalue weighted by molar-refractivity contribution is 7.09. The minimum atomic E-state index is 0.0936. The van der Waals surface area contributed by atoms with Crippen molar-refractivity contribution in [2.45, 2.75) is 52.5 Å². The number of hydrogen-bond acceptors (Lipinski definition) is 3. The Morgan fingerprint density at radius 2 is 2.07 bits per heavy atom. The Morgan fingerprint density at radius 3 is 2.47 bits per heavy atom. The molecule has 0 aliphatic heterocycles. The maximum atomic E-state index is 6.15. The predicted octanol–water partition coefficient (Wildman–Crippen LogP) is 3.49. The third-order valence-corrected chi connectivity index (χ3v) is 3.78. The van der Waals surface area contributed by atoms with Gasteiger partial charge in [0, 0.05) is 10.8 Å². The third kappa shape index (κ3) is 3.02. The largest absolute Gasteiger partial charge is 0.322 e. The summed E-state index contributed by atoms with van der Waals surface area (Å²) in [5.74, 6) is 0.504. The summed E-state index contributed by atoms with van der Waals surface area (Å²) in [6.07, 6.45) is 1.10. The van der Waals surface area contributed by atoms with Crippen LogP contribution in [0.3, 0.4) is 0 Å². The van der Waals surface area contributed by atoms with Gasteiger partial charge in [0.2, 0.25) is 0 Å². The molecule has 0 amide bonds. The van der Waals surface area contributed by atoms with Gasteiger partial charge in [0.1, 0.15) is 5.01 Å². The summed E-state index contributed by atoms with van der Waals surface area (Å²) in [6.45, 7) is 10.9. The van der Waals surface area contributed by atoms with Crippen LogP contribution in [0.2, 0.25) is 0 Å². The van der Waals surface area contributed by atoms with Crippen molar-refractivity contribution in [3.05, 3.63) is 16.1 Å². The van der Waals surface area contributed by atoms with Gasteiger partial charge in [-0.1, -0.05) is 41.0 Å². The highest BCUT2D eigenvalue weighted by Crippen LogP contribution is 2.29. The zero-order chi connectivity index (χ0) is 11.6. The van der Waals surface area contributed by atoms with Crippen molar-refractivity contribution >= 4 is 11.3 Å². The van der Waals surface area contributed by atoms with E-state index in [1.54, 1.807) is 11.3 Å². The SMILES string of the molecule is CCC(C)C(N)c1nc(C(C)(C)C)cs1. The Bertz CT molecular complexity index is 312. The van der Waals surface area contributed by atoms with Crippen molar-refractivity contribution in [2.24, 2.45) is 11.7 Å². The molecular weight excluding hydrogens is 204 g/mol. The van der Waals surface area contributed by atoms with Crippen LogP contribution in [0.25, 0.3) is 0 Å². The van der Waals surface area contributed by atoms with Crippen molar-refractivity contribution in [3.63, 3.8) is 0 Å². The molecule has 0 saturated carbocycles. The molecule has 2 nitrogen and oxygen atoms in total. The molecule has 0 aromatic carbocycles. The number of thiazole rings is 1. The molecule has 86 valence electrons. The molecule has 1 heterocycles. The van der Waals surface area contributed by atoms with E-state index in [4.69, 9.17) is 5.73 Å². The average Bonchev–Trinajstić information content (AvgIpc) is 2.63. The molecule has 0 fully saturated rings. The zero-order valence-corrected chi connectivity index (χ0v) is 11.2. The van der Waals surface area contributed by atoms with Crippen LogP contribution in [0.5, 0.6) is 0 Å². The molecule has 0 radical (unpaired) electrons. The predicted molar refractivity (Wildman–Crippen MR) is 67.2 cm³/mol. The highest BCUT2D eigenvalue weighted by atomic mass is 32.1. The molecule has 0 spiro atoms. The van der Waals surface area contributed by atoms with Crippen molar-refractivity contribution in [1.29, 1.82) is 0 Å². The fourth-order valence-corrected chi connectivity index (χ4v) is 2.46. The summed E-state index contributed by atoms with van der Waals surface area (Å²) in [5, 5.41) is 3.21. The van der Waals surface area contributed by atoms with Gasteiger partial charge >= 0.3 is 0 Å². The van der Waals surface area contributed by atoms with Crippen LogP contribution in [0.15, 0.2) is 5.38 Å². The Balaban J connectivity index is 2.85. The summed E-state index contributed by atoms with van der Waals surface area (Å²) in [5.41, 5.74) is 7.44. The molecule has 0 aliphatic carbocycles. The first-order valence-corrected chi connectivity index (χ1v) is 6.45. The first kappa shape index (κ1) is 12.7. The summed E-state index contributed by atoms with van der Waals surface area (Å²) in [6, 6.07) is 0.0936. The lowest BCUT2D eigenvalue weighted by molar-refractivity contribution is 0.452. The van der Waals surface area contributed by atoms with E-state index in [0.29, 0.717) is 5.92 Å². The van der Waals surface area contributed by atoms with Crippen LogP contribution < -0.4 is 5.73 Å². The molecular formula is C12H22N2S. The summed E-state index contributed by atoms with van der Waals surface area (Å²) < 4.78 is 0. The van der Waals surface area contributed by atoms with Crippen molar-refractivity contribution in [1.82, 2.24) is 4.98 Å². The second-order valence-electron chi connectivity index (χ2n) is 5.23. The van der Waals surface area contributed by atoms with Crippen molar-refractivity contribution in [2.75, 3.05) is 0 Å². The van der Waals surface area contributed by atoms with E-state index in [2.05, 4.69) is 45.0 Å². The fraction of sp³-hybridized carbons (Fsp3) is 0.750. The smallest absolute Gasteiger partial charge is 0.110 e. The second kappa shape index (κ2) is 4.62. The first-order valence-electron chi connectivity index (χ1n) is 5.57. The zero-order valence-electron chi connectivity index (χ0n) is 10.4. The Hall–Kier alpha value is -0.410. The summed E-state index contributed by atoms with van der Waals surface area (Å²) in [7, 11) is 0. The van der Waals surface area contributed by atoms with E-state index in [1.165, 1.54) is 0 Å². The van der Waals surface area contributed by atoms with Crippen LogP contribution in [0.1, 0.15) is 57.8 Å². The minimum Gasteiger partial charge on any atom is -0.322 e. The Morgan fingerprint density at radius 1 is 1.47 bits per heavy atom.